The Morgan fingerprint density at radius 1 is 1.24 bits per heavy atom. The number of carbonyl (C=O) groups is 1. The first-order valence-corrected chi connectivity index (χ1v) is 7.66. The Hall–Kier alpha value is -1.87. The number of fused-ring (bicyclic) bond motifs is 1. The third kappa shape index (κ3) is 2.93. The van der Waals surface area contributed by atoms with Crippen molar-refractivity contribution in [3.05, 3.63) is 48.0 Å². The van der Waals surface area contributed by atoms with Crippen LogP contribution in [0.25, 0.3) is 10.8 Å². The number of amides is 1. The minimum absolute atomic E-state index is 0.0834. The first kappa shape index (κ1) is 14.1. The van der Waals surface area contributed by atoms with Gasteiger partial charge in [0.2, 0.25) is 5.91 Å². The molecule has 1 amide bonds. The van der Waals surface area contributed by atoms with Crippen LogP contribution in [0, 0.1) is 0 Å². The largest absolute Gasteiger partial charge is 0.339 e. The summed E-state index contributed by atoms with van der Waals surface area (Å²) in [7, 11) is 0. The monoisotopic (exact) mass is 282 g/mol. The van der Waals surface area contributed by atoms with Crippen molar-refractivity contribution in [3.8, 4) is 0 Å². The summed E-state index contributed by atoms with van der Waals surface area (Å²) >= 11 is 0. The average molecular weight is 282 g/mol. The average Bonchev–Trinajstić information content (AvgIpc) is 2.53. The normalized spacial score (nSPS) is 20.5. The van der Waals surface area contributed by atoms with Gasteiger partial charge in [-0.1, -0.05) is 42.5 Å². The van der Waals surface area contributed by atoms with Crippen LogP contribution in [0.4, 0.5) is 0 Å². The molecule has 1 N–H and O–H groups in total. The van der Waals surface area contributed by atoms with Crippen LogP contribution in [0.2, 0.25) is 0 Å². The molecule has 2 atom stereocenters. The van der Waals surface area contributed by atoms with E-state index in [0.717, 1.165) is 25.2 Å². The Kier molecular flexibility index (Phi) is 3.93. The van der Waals surface area contributed by atoms with Crippen molar-refractivity contribution in [2.75, 3.05) is 19.6 Å². The highest BCUT2D eigenvalue weighted by Crippen LogP contribution is 2.23. The Morgan fingerprint density at radius 2 is 2.00 bits per heavy atom. The molecule has 1 aliphatic heterocycles. The molecule has 21 heavy (non-hydrogen) atoms. The van der Waals surface area contributed by atoms with Crippen molar-refractivity contribution in [1.29, 1.82) is 0 Å². The number of carbonyl (C=O) groups excluding carboxylic acids is 1. The van der Waals surface area contributed by atoms with Crippen molar-refractivity contribution in [2.45, 2.75) is 25.8 Å². The number of hydrogen-bond acceptors (Lipinski definition) is 2. The van der Waals surface area contributed by atoms with Gasteiger partial charge in [0.25, 0.3) is 0 Å². The molecule has 2 unspecified atom stereocenters. The molecule has 0 radical (unpaired) electrons. The first-order valence-electron chi connectivity index (χ1n) is 7.66. The standard InChI is InChI=1S/C18H22N2O/c1-13-12-20(10-9-19-13)18(21)14(2)16-8-7-15-5-3-4-6-17(15)11-16/h3-8,11,13-14,19H,9-10,12H2,1-2H3. The summed E-state index contributed by atoms with van der Waals surface area (Å²) in [5.41, 5.74) is 1.10. The summed E-state index contributed by atoms with van der Waals surface area (Å²) in [5, 5.41) is 5.79. The molecule has 1 fully saturated rings. The lowest BCUT2D eigenvalue weighted by Gasteiger charge is -2.33. The van der Waals surface area contributed by atoms with Gasteiger partial charge in [0.15, 0.2) is 0 Å². The Labute approximate surface area is 125 Å². The molecule has 2 aromatic carbocycles. The SMILES string of the molecule is CC1CN(C(=O)C(C)c2ccc3ccccc3c2)CCN1. The summed E-state index contributed by atoms with van der Waals surface area (Å²) in [4.78, 5) is 14.7. The number of rotatable bonds is 2. The maximum Gasteiger partial charge on any atom is 0.229 e. The molecule has 1 heterocycles. The van der Waals surface area contributed by atoms with Crippen molar-refractivity contribution >= 4 is 16.7 Å². The summed E-state index contributed by atoms with van der Waals surface area (Å²) < 4.78 is 0. The van der Waals surface area contributed by atoms with Gasteiger partial charge in [-0.15, -0.1) is 0 Å². The second-order valence-electron chi connectivity index (χ2n) is 5.97. The lowest BCUT2D eigenvalue weighted by Crippen LogP contribution is -2.52. The molecule has 2 aromatic rings. The fourth-order valence-corrected chi connectivity index (χ4v) is 3.03. The number of benzene rings is 2. The van der Waals surface area contributed by atoms with Gasteiger partial charge >= 0.3 is 0 Å². The molecular weight excluding hydrogens is 260 g/mol. The van der Waals surface area contributed by atoms with Crippen LogP contribution in [0.5, 0.6) is 0 Å². The van der Waals surface area contributed by atoms with Gasteiger partial charge in [-0.05, 0) is 30.2 Å². The van der Waals surface area contributed by atoms with Gasteiger partial charge in [-0.25, -0.2) is 0 Å². The van der Waals surface area contributed by atoms with Gasteiger partial charge in [-0.2, -0.15) is 0 Å². The third-order valence-electron chi connectivity index (χ3n) is 4.32. The second-order valence-corrected chi connectivity index (χ2v) is 5.97. The van der Waals surface area contributed by atoms with Gasteiger partial charge in [-0.3, -0.25) is 4.79 Å². The molecule has 110 valence electrons. The molecule has 0 spiro atoms. The van der Waals surface area contributed by atoms with E-state index in [-0.39, 0.29) is 11.8 Å². The van der Waals surface area contributed by atoms with Gasteiger partial charge < -0.3 is 10.2 Å². The second kappa shape index (κ2) is 5.86. The fourth-order valence-electron chi connectivity index (χ4n) is 3.03. The molecule has 0 bridgehead atoms. The summed E-state index contributed by atoms with van der Waals surface area (Å²) in [6, 6.07) is 15.0. The number of piperazine rings is 1. The van der Waals surface area contributed by atoms with E-state index in [1.807, 2.05) is 24.0 Å². The lowest BCUT2D eigenvalue weighted by molar-refractivity contribution is -0.133. The Morgan fingerprint density at radius 3 is 2.76 bits per heavy atom. The Balaban J connectivity index is 1.82. The van der Waals surface area contributed by atoms with Crippen LogP contribution in [0.1, 0.15) is 25.3 Å². The number of nitrogens with one attached hydrogen (secondary N) is 1. The first-order chi connectivity index (χ1) is 10.1. The van der Waals surface area contributed by atoms with Crippen molar-refractivity contribution < 1.29 is 4.79 Å². The molecule has 1 aliphatic rings. The summed E-state index contributed by atoms with van der Waals surface area (Å²) in [5.74, 6) is 0.151. The van der Waals surface area contributed by atoms with Crippen LogP contribution < -0.4 is 5.32 Å². The highest BCUT2D eigenvalue weighted by molar-refractivity contribution is 5.87. The van der Waals surface area contributed by atoms with Crippen molar-refractivity contribution in [1.82, 2.24) is 10.2 Å². The highest BCUT2D eigenvalue weighted by atomic mass is 16.2. The van der Waals surface area contributed by atoms with E-state index < -0.39 is 0 Å². The maximum atomic E-state index is 12.7. The number of hydrogen-bond donors (Lipinski definition) is 1. The predicted octanol–water partition coefficient (Wildman–Crippen LogP) is 2.76. The van der Waals surface area contributed by atoms with Crippen LogP contribution >= 0.6 is 0 Å². The topological polar surface area (TPSA) is 32.3 Å². The van der Waals surface area contributed by atoms with Crippen LogP contribution in [0.15, 0.2) is 42.5 Å². The fraction of sp³-hybridized carbons (Fsp3) is 0.389. The van der Waals surface area contributed by atoms with Crippen LogP contribution in [-0.2, 0) is 4.79 Å². The van der Waals surface area contributed by atoms with E-state index in [9.17, 15) is 4.79 Å². The molecule has 3 nitrogen and oxygen atoms in total. The minimum atomic E-state index is -0.0834. The van der Waals surface area contributed by atoms with E-state index >= 15 is 0 Å². The zero-order valence-corrected chi connectivity index (χ0v) is 12.7. The third-order valence-corrected chi connectivity index (χ3v) is 4.32. The lowest BCUT2D eigenvalue weighted by atomic mass is 9.96. The molecule has 0 aliphatic carbocycles. The maximum absolute atomic E-state index is 12.7. The quantitative estimate of drug-likeness (QED) is 0.918. The molecule has 0 aromatic heterocycles. The van der Waals surface area contributed by atoms with Crippen LogP contribution in [0.3, 0.4) is 0 Å². The van der Waals surface area contributed by atoms with E-state index in [1.54, 1.807) is 0 Å². The van der Waals surface area contributed by atoms with Gasteiger partial charge in [0.1, 0.15) is 0 Å². The molecule has 3 rings (SSSR count). The molecule has 0 saturated carbocycles. The van der Waals surface area contributed by atoms with E-state index in [4.69, 9.17) is 0 Å². The summed E-state index contributed by atoms with van der Waals surface area (Å²) in [6.45, 7) is 6.63. The predicted molar refractivity (Wildman–Crippen MR) is 86.4 cm³/mol. The molecule has 1 saturated heterocycles. The van der Waals surface area contributed by atoms with Crippen LogP contribution in [-0.4, -0.2) is 36.5 Å². The zero-order valence-electron chi connectivity index (χ0n) is 12.7. The summed E-state index contributed by atoms with van der Waals surface area (Å²) in [6.07, 6.45) is 0. The minimum Gasteiger partial charge on any atom is -0.339 e. The van der Waals surface area contributed by atoms with E-state index in [1.165, 1.54) is 10.8 Å². The number of nitrogens with zero attached hydrogens (tertiary/aromatic N) is 1. The van der Waals surface area contributed by atoms with Crippen molar-refractivity contribution in [3.63, 3.8) is 0 Å². The molecule has 3 heteroatoms. The zero-order chi connectivity index (χ0) is 14.8. The smallest absolute Gasteiger partial charge is 0.229 e. The Bertz CT molecular complexity index is 652. The van der Waals surface area contributed by atoms with Gasteiger partial charge in [0.05, 0.1) is 5.92 Å². The van der Waals surface area contributed by atoms with E-state index in [2.05, 4.69) is 42.6 Å². The highest BCUT2D eigenvalue weighted by Gasteiger charge is 2.25. The molecular formula is C18H22N2O. The van der Waals surface area contributed by atoms with Crippen molar-refractivity contribution in [2.24, 2.45) is 0 Å². The van der Waals surface area contributed by atoms with Gasteiger partial charge in [0, 0.05) is 25.7 Å². The van der Waals surface area contributed by atoms with E-state index in [0.29, 0.717) is 6.04 Å².